The number of aromatic nitrogens is 2. The van der Waals surface area contributed by atoms with E-state index in [0.29, 0.717) is 12.2 Å². The van der Waals surface area contributed by atoms with Crippen molar-refractivity contribution in [1.29, 1.82) is 0 Å². The molecule has 0 atom stereocenters. The lowest BCUT2D eigenvalue weighted by atomic mass is 10.1. The van der Waals surface area contributed by atoms with Gasteiger partial charge in [-0.2, -0.15) is 0 Å². The van der Waals surface area contributed by atoms with E-state index in [4.69, 9.17) is 4.84 Å². The van der Waals surface area contributed by atoms with Crippen molar-refractivity contribution in [3.05, 3.63) is 53.2 Å². The number of hydrogen-bond donors (Lipinski definition) is 1. The number of anilines is 1. The molecule has 0 aromatic carbocycles. The Balaban J connectivity index is 1.70. The van der Waals surface area contributed by atoms with Crippen molar-refractivity contribution in [3.63, 3.8) is 0 Å². The van der Waals surface area contributed by atoms with Crippen molar-refractivity contribution in [2.24, 2.45) is 5.16 Å². The van der Waals surface area contributed by atoms with Crippen LogP contribution in [0.5, 0.6) is 0 Å². The summed E-state index contributed by atoms with van der Waals surface area (Å²) in [5, 5.41) is 6.82. The van der Waals surface area contributed by atoms with Crippen molar-refractivity contribution in [1.82, 2.24) is 9.97 Å². The van der Waals surface area contributed by atoms with Gasteiger partial charge in [0.15, 0.2) is 0 Å². The molecule has 1 aliphatic rings. The van der Waals surface area contributed by atoms with Gasteiger partial charge in [0, 0.05) is 23.5 Å². The van der Waals surface area contributed by atoms with E-state index in [2.05, 4.69) is 20.4 Å². The van der Waals surface area contributed by atoms with E-state index in [0.717, 1.165) is 30.3 Å². The van der Waals surface area contributed by atoms with Crippen LogP contribution < -0.4 is 5.32 Å². The molecule has 130 valence electrons. The second-order valence-electron chi connectivity index (χ2n) is 5.88. The van der Waals surface area contributed by atoms with Gasteiger partial charge in [-0.15, -0.1) is 0 Å². The monoisotopic (exact) mass is 342 g/mol. The molecule has 25 heavy (non-hydrogen) atoms. The third-order valence-electron chi connectivity index (χ3n) is 3.91. The number of nitrogens with one attached hydrogen (secondary N) is 1. The third kappa shape index (κ3) is 4.17. The lowest BCUT2D eigenvalue weighted by Gasteiger charge is -2.08. The number of carbonyl (C=O) groups is 1. The van der Waals surface area contributed by atoms with E-state index in [1.54, 1.807) is 12.3 Å². The smallest absolute Gasteiger partial charge is 0.258 e. The van der Waals surface area contributed by atoms with Gasteiger partial charge in [0.05, 0.1) is 17.5 Å². The van der Waals surface area contributed by atoms with Gasteiger partial charge in [0.25, 0.3) is 5.91 Å². The Hall–Kier alpha value is -2.83. The first kappa shape index (κ1) is 17.0. The van der Waals surface area contributed by atoms with E-state index in [1.165, 1.54) is 13.1 Å². The molecule has 3 rings (SSSR count). The third-order valence-corrected chi connectivity index (χ3v) is 3.91. The summed E-state index contributed by atoms with van der Waals surface area (Å²) in [5.74, 6) is -0.599. The van der Waals surface area contributed by atoms with Crippen LogP contribution in [0.25, 0.3) is 0 Å². The quantitative estimate of drug-likeness (QED) is 0.644. The topological polar surface area (TPSA) is 76.5 Å². The molecule has 6 nitrogen and oxygen atoms in total. The van der Waals surface area contributed by atoms with Gasteiger partial charge >= 0.3 is 0 Å². The fraction of sp³-hybridized carbons (Fsp3) is 0.333. The summed E-state index contributed by atoms with van der Waals surface area (Å²) in [7, 11) is 0. The Kier molecular flexibility index (Phi) is 5.02. The molecule has 1 N–H and O–H groups in total. The maximum atomic E-state index is 13.5. The maximum absolute atomic E-state index is 13.5. The highest BCUT2D eigenvalue weighted by Crippen LogP contribution is 2.24. The number of oxime groups is 1. The van der Waals surface area contributed by atoms with Crippen molar-refractivity contribution in [3.8, 4) is 0 Å². The van der Waals surface area contributed by atoms with Gasteiger partial charge in [-0.25, -0.2) is 9.37 Å². The zero-order valence-corrected chi connectivity index (χ0v) is 14.1. The number of hydrogen-bond acceptors (Lipinski definition) is 5. The number of halogens is 1. The highest BCUT2D eigenvalue weighted by Gasteiger charge is 2.23. The number of amides is 1. The Morgan fingerprint density at radius 2 is 2.16 bits per heavy atom. The van der Waals surface area contributed by atoms with E-state index < -0.39 is 11.7 Å². The van der Waals surface area contributed by atoms with Crippen LogP contribution >= 0.6 is 0 Å². The number of nitrogens with zero attached hydrogens (tertiary/aromatic N) is 3. The molecule has 0 saturated heterocycles. The molecule has 0 bridgehead atoms. The molecule has 2 aromatic rings. The first-order valence-corrected chi connectivity index (χ1v) is 8.19. The van der Waals surface area contributed by atoms with Crippen molar-refractivity contribution in [2.75, 3.05) is 5.32 Å². The zero-order valence-electron chi connectivity index (χ0n) is 14.1. The van der Waals surface area contributed by atoms with E-state index in [-0.39, 0.29) is 17.2 Å². The average Bonchev–Trinajstić information content (AvgIpc) is 3.43. The summed E-state index contributed by atoms with van der Waals surface area (Å²) >= 11 is 0. The molecule has 2 aromatic heterocycles. The normalized spacial score (nSPS) is 14.3. The molecule has 0 aliphatic heterocycles. The van der Waals surface area contributed by atoms with Gasteiger partial charge in [0.2, 0.25) is 0 Å². The molecule has 0 radical (unpaired) electrons. The Bertz CT molecular complexity index is 801. The van der Waals surface area contributed by atoms with E-state index in [9.17, 15) is 9.18 Å². The SMILES string of the molecule is CC/C(=N\OC1CC1)c1ccc(NC(=O)c2cncc(F)c2C)nc1. The largest absolute Gasteiger partial charge is 0.392 e. The van der Waals surface area contributed by atoms with Crippen molar-refractivity contribution in [2.45, 2.75) is 39.2 Å². The van der Waals surface area contributed by atoms with E-state index in [1.807, 2.05) is 13.0 Å². The average molecular weight is 342 g/mol. The second-order valence-corrected chi connectivity index (χ2v) is 5.88. The highest BCUT2D eigenvalue weighted by molar-refractivity contribution is 6.05. The molecular formula is C18H19FN4O2. The standard InChI is InChI=1S/C18H19FN4O2/c1-3-16(23-25-13-5-6-13)12-4-7-17(21-8-12)22-18(24)14-9-20-10-15(19)11(14)2/h4,7-10,13H,3,5-6H2,1-2H3,(H,21,22,24)/b23-16+. The minimum Gasteiger partial charge on any atom is -0.392 e. The molecule has 0 unspecified atom stereocenters. The second kappa shape index (κ2) is 7.38. The maximum Gasteiger partial charge on any atom is 0.258 e. The van der Waals surface area contributed by atoms with Crippen LogP contribution in [-0.2, 0) is 4.84 Å². The Labute approximate surface area is 145 Å². The van der Waals surface area contributed by atoms with Crippen LogP contribution in [-0.4, -0.2) is 27.7 Å². The molecule has 1 fully saturated rings. The Morgan fingerprint density at radius 3 is 2.80 bits per heavy atom. The van der Waals surface area contributed by atoms with Gasteiger partial charge < -0.3 is 10.2 Å². The van der Waals surface area contributed by atoms with Crippen molar-refractivity contribution >= 4 is 17.4 Å². The summed E-state index contributed by atoms with van der Waals surface area (Å²) in [6, 6.07) is 3.50. The molecule has 1 saturated carbocycles. The first-order chi connectivity index (χ1) is 12.1. The number of pyridine rings is 2. The summed E-state index contributed by atoms with van der Waals surface area (Å²) in [6.07, 6.45) is 7.11. The lowest BCUT2D eigenvalue weighted by molar-refractivity contribution is 0.102. The molecule has 2 heterocycles. The van der Waals surface area contributed by atoms with Crippen molar-refractivity contribution < 1.29 is 14.0 Å². The van der Waals surface area contributed by atoms with Crippen LogP contribution in [0.3, 0.4) is 0 Å². The van der Waals surface area contributed by atoms with Gasteiger partial charge in [-0.1, -0.05) is 12.1 Å². The van der Waals surface area contributed by atoms with Crippen LogP contribution in [0.2, 0.25) is 0 Å². The molecule has 1 aliphatic carbocycles. The predicted molar refractivity (Wildman–Crippen MR) is 92.1 cm³/mol. The van der Waals surface area contributed by atoms with Gasteiger partial charge in [0.1, 0.15) is 17.7 Å². The summed E-state index contributed by atoms with van der Waals surface area (Å²) < 4.78 is 13.5. The zero-order chi connectivity index (χ0) is 17.8. The first-order valence-electron chi connectivity index (χ1n) is 8.19. The fourth-order valence-electron chi connectivity index (χ4n) is 2.18. The van der Waals surface area contributed by atoms with E-state index >= 15 is 0 Å². The minimum absolute atomic E-state index is 0.180. The number of carbonyl (C=O) groups excluding carboxylic acids is 1. The Morgan fingerprint density at radius 1 is 1.36 bits per heavy atom. The van der Waals surface area contributed by atoms with Gasteiger partial charge in [-0.05, 0) is 38.3 Å². The predicted octanol–water partition coefficient (Wildman–Crippen LogP) is 3.47. The molecular weight excluding hydrogens is 323 g/mol. The van der Waals surface area contributed by atoms with Crippen LogP contribution in [0, 0.1) is 12.7 Å². The lowest BCUT2D eigenvalue weighted by Crippen LogP contribution is -2.15. The molecule has 0 spiro atoms. The molecule has 1 amide bonds. The van der Waals surface area contributed by atoms with Gasteiger partial charge in [-0.3, -0.25) is 9.78 Å². The van der Waals surface area contributed by atoms with Crippen LogP contribution in [0.1, 0.15) is 47.7 Å². The fourth-order valence-corrected chi connectivity index (χ4v) is 2.18. The minimum atomic E-state index is -0.518. The summed E-state index contributed by atoms with van der Waals surface area (Å²) in [4.78, 5) is 25.6. The molecule has 7 heteroatoms. The van der Waals surface area contributed by atoms with Crippen LogP contribution in [0.4, 0.5) is 10.2 Å². The van der Waals surface area contributed by atoms with Crippen LogP contribution in [0.15, 0.2) is 35.9 Å². The summed E-state index contributed by atoms with van der Waals surface area (Å²) in [6.45, 7) is 3.52. The highest BCUT2D eigenvalue weighted by atomic mass is 19.1. The summed E-state index contributed by atoms with van der Waals surface area (Å²) in [5.41, 5.74) is 2.08. The number of rotatable bonds is 6.